The summed E-state index contributed by atoms with van der Waals surface area (Å²) < 4.78 is 5.37. The average Bonchev–Trinajstić information content (AvgIpc) is 2.99. The standard InChI is InChI=1S/C13H15N3O/c1-9-10-4-7-17-12(10)3-2-11(9)16-8-13-14-5-6-15-13/h2-4,7,16H,5-6,8H2,1H3,(H,14,15). The second kappa shape index (κ2) is 4.13. The van der Waals surface area contributed by atoms with Crippen molar-refractivity contribution in [2.45, 2.75) is 6.92 Å². The fraction of sp³-hybridized carbons (Fsp3) is 0.308. The summed E-state index contributed by atoms with van der Waals surface area (Å²) in [6, 6.07) is 6.05. The van der Waals surface area contributed by atoms with Crippen molar-refractivity contribution < 1.29 is 4.42 Å². The van der Waals surface area contributed by atoms with Gasteiger partial charge in [0.15, 0.2) is 0 Å². The molecule has 4 nitrogen and oxygen atoms in total. The van der Waals surface area contributed by atoms with Crippen molar-refractivity contribution in [1.29, 1.82) is 0 Å². The number of nitrogens with one attached hydrogen (secondary N) is 2. The summed E-state index contributed by atoms with van der Waals surface area (Å²) in [5.41, 5.74) is 3.29. The Kier molecular flexibility index (Phi) is 2.48. The summed E-state index contributed by atoms with van der Waals surface area (Å²) in [6.07, 6.45) is 1.73. The van der Waals surface area contributed by atoms with Gasteiger partial charge in [-0.25, -0.2) is 0 Å². The minimum atomic E-state index is 0.754. The van der Waals surface area contributed by atoms with Crippen LogP contribution in [0.1, 0.15) is 5.56 Å². The lowest BCUT2D eigenvalue weighted by molar-refractivity contribution is 0.616. The summed E-state index contributed by atoms with van der Waals surface area (Å²) in [5, 5.41) is 7.81. The highest BCUT2D eigenvalue weighted by molar-refractivity contribution is 5.90. The molecule has 88 valence electrons. The molecule has 0 fully saturated rings. The van der Waals surface area contributed by atoms with Crippen LogP contribution in [0.5, 0.6) is 0 Å². The van der Waals surface area contributed by atoms with Gasteiger partial charge in [0.2, 0.25) is 0 Å². The van der Waals surface area contributed by atoms with Gasteiger partial charge in [0.1, 0.15) is 11.4 Å². The van der Waals surface area contributed by atoms with Gasteiger partial charge >= 0.3 is 0 Å². The molecule has 0 aliphatic carbocycles. The molecule has 0 spiro atoms. The topological polar surface area (TPSA) is 49.6 Å². The van der Waals surface area contributed by atoms with Crippen LogP contribution in [-0.4, -0.2) is 25.5 Å². The molecule has 1 aromatic carbocycles. The van der Waals surface area contributed by atoms with Crippen LogP contribution in [0.25, 0.3) is 11.0 Å². The van der Waals surface area contributed by atoms with E-state index in [4.69, 9.17) is 4.42 Å². The van der Waals surface area contributed by atoms with Crippen molar-refractivity contribution in [2.75, 3.05) is 25.0 Å². The zero-order valence-electron chi connectivity index (χ0n) is 9.79. The first-order chi connectivity index (χ1) is 8.34. The largest absolute Gasteiger partial charge is 0.464 e. The maximum atomic E-state index is 5.37. The number of furan rings is 1. The maximum absolute atomic E-state index is 5.37. The Balaban J connectivity index is 1.82. The van der Waals surface area contributed by atoms with Crippen molar-refractivity contribution in [1.82, 2.24) is 5.32 Å². The van der Waals surface area contributed by atoms with Gasteiger partial charge in [-0.05, 0) is 30.7 Å². The zero-order valence-corrected chi connectivity index (χ0v) is 9.79. The molecule has 2 N–H and O–H groups in total. The van der Waals surface area contributed by atoms with E-state index in [1.807, 2.05) is 12.1 Å². The fourth-order valence-corrected chi connectivity index (χ4v) is 2.12. The third-order valence-corrected chi connectivity index (χ3v) is 3.09. The van der Waals surface area contributed by atoms with E-state index in [-0.39, 0.29) is 0 Å². The van der Waals surface area contributed by atoms with Crippen molar-refractivity contribution in [3.8, 4) is 0 Å². The summed E-state index contributed by atoms with van der Waals surface area (Å²) in [5.74, 6) is 1.04. The number of benzene rings is 1. The van der Waals surface area contributed by atoms with Crippen LogP contribution in [0.2, 0.25) is 0 Å². The van der Waals surface area contributed by atoms with Gasteiger partial charge in [0, 0.05) is 17.6 Å². The Hall–Kier alpha value is -1.97. The highest BCUT2D eigenvalue weighted by atomic mass is 16.3. The van der Waals surface area contributed by atoms with Crippen LogP contribution < -0.4 is 10.6 Å². The van der Waals surface area contributed by atoms with Crippen LogP contribution in [0.15, 0.2) is 33.9 Å². The summed E-state index contributed by atoms with van der Waals surface area (Å²) in [7, 11) is 0. The quantitative estimate of drug-likeness (QED) is 0.848. The maximum Gasteiger partial charge on any atom is 0.134 e. The molecule has 0 saturated carbocycles. The number of hydrogen-bond acceptors (Lipinski definition) is 4. The number of fused-ring (bicyclic) bond motifs is 1. The normalized spacial score (nSPS) is 14.8. The van der Waals surface area contributed by atoms with Gasteiger partial charge in [-0.3, -0.25) is 4.99 Å². The second-order valence-corrected chi connectivity index (χ2v) is 4.18. The van der Waals surface area contributed by atoms with Gasteiger partial charge < -0.3 is 15.1 Å². The first kappa shape index (κ1) is 10.2. The Morgan fingerprint density at radius 1 is 1.41 bits per heavy atom. The third kappa shape index (κ3) is 1.86. The second-order valence-electron chi connectivity index (χ2n) is 4.18. The van der Waals surface area contributed by atoms with Crippen LogP contribution >= 0.6 is 0 Å². The minimum Gasteiger partial charge on any atom is -0.464 e. The lowest BCUT2D eigenvalue weighted by Crippen LogP contribution is -2.26. The summed E-state index contributed by atoms with van der Waals surface area (Å²) in [4.78, 5) is 4.36. The van der Waals surface area contributed by atoms with Crippen molar-refractivity contribution in [3.63, 3.8) is 0 Å². The Labute approximate surface area is 99.7 Å². The van der Waals surface area contributed by atoms with Gasteiger partial charge in [0.25, 0.3) is 0 Å². The molecule has 3 rings (SSSR count). The SMILES string of the molecule is Cc1c(NCC2=NCCN2)ccc2occc12. The summed E-state index contributed by atoms with van der Waals surface area (Å²) in [6.45, 7) is 4.70. The summed E-state index contributed by atoms with van der Waals surface area (Å²) >= 11 is 0. The average molecular weight is 229 g/mol. The molecule has 1 aliphatic rings. The number of rotatable bonds is 3. The van der Waals surface area contributed by atoms with Crippen molar-refractivity contribution in [3.05, 3.63) is 30.0 Å². The predicted molar refractivity (Wildman–Crippen MR) is 69.7 cm³/mol. The van der Waals surface area contributed by atoms with Crippen molar-refractivity contribution in [2.24, 2.45) is 4.99 Å². The molecule has 1 aromatic heterocycles. The number of aliphatic imine (C=N–C) groups is 1. The van der Waals surface area contributed by atoms with E-state index >= 15 is 0 Å². The van der Waals surface area contributed by atoms with E-state index in [9.17, 15) is 0 Å². The number of aryl methyl sites for hydroxylation is 1. The fourth-order valence-electron chi connectivity index (χ4n) is 2.12. The van der Waals surface area contributed by atoms with Crippen LogP contribution in [0.4, 0.5) is 5.69 Å². The van der Waals surface area contributed by atoms with Gasteiger partial charge in [-0.15, -0.1) is 0 Å². The highest BCUT2D eigenvalue weighted by Crippen LogP contribution is 2.25. The monoisotopic (exact) mass is 229 g/mol. The highest BCUT2D eigenvalue weighted by Gasteiger charge is 2.08. The number of amidine groups is 1. The van der Waals surface area contributed by atoms with E-state index in [1.165, 1.54) is 5.56 Å². The molecule has 0 radical (unpaired) electrons. The molecule has 0 unspecified atom stereocenters. The van der Waals surface area contributed by atoms with Crippen LogP contribution in [0, 0.1) is 6.92 Å². The first-order valence-corrected chi connectivity index (χ1v) is 5.82. The number of anilines is 1. The van der Waals surface area contributed by atoms with Gasteiger partial charge in [-0.2, -0.15) is 0 Å². The van der Waals surface area contributed by atoms with Gasteiger partial charge in [-0.1, -0.05) is 0 Å². The molecule has 0 amide bonds. The Morgan fingerprint density at radius 3 is 3.18 bits per heavy atom. The molecule has 0 saturated heterocycles. The molecule has 2 heterocycles. The number of nitrogens with zero attached hydrogens (tertiary/aromatic N) is 1. The van der Waals surface area contributed by atoms with Gasteiger partial charge in [0.05, 0.1) is 19.4 Å². The zero-order chi connectivity index (χ0) is 11.7. The van der Waals surface area contributed by atoms with E-state index < -0.39 is 0 Å². The minimum absolute atomic E-state index is 0.754. The van der Waals surface area contributed by atoms with E-state index in [2.05, 4.69) is 28.6 Å². The predicted octanol–water partition coefficient (Wildman–Crippen LogP) is 2.15. The smallest absolute Gasteiger partial charge is 0.134 e. The van der Waals surface area contributed by atoms with E-state index in [0.29, 0.717) is 0 Å². The van der Waals surface area contributed by atoms with E-state index in [0.717, 1.165) is 42.1 Å². The lowest BCUT2D eigenvalue weighted by atomic mass is 10.1. The molecule has 0 bridgehead atoms. The van der Waals surface area contributed by atoms with Crippen molar-refractivity contribution >= 4 is 22.5 Å². The molecule has 4 heteroatoms. The Bertz CT molecular complexity index is 571. The molecule has 2 aromatic rings. The molecule has 1 aliphatic heterocycles. The molecule has 0 atom stereocenters. The first-order valence-electron chi connectivity index (χ1n) is 5.82. The lowest BCUT2D eigenvalue weighted by Gasteiger charge is -2.10. The molecular formula is C13H15N3O. The number of hydrogen-bond donors (Lipinski definition) is 2. The van der Waals surface area contributed by atoms with Crippen LogP contribution in [0.3, 0.4) is 0 Å². The molecule has 17 heavy (non-hydrogen) atoms. The Morgan fingerprint density at radius 2 is 2.35 bits per heavy atom. The third-order valence-electron chi connectivity index (χ3n) is 3.09. The van der Waals surface area contributed by atoms with E-state index in [1.54, 1.807) is 6.26 Å². The molecular weight excluding hydrogens is 214 g/mol. The van der Waals surface area contributed by atoms with Crippen LogP contribution in [-0.2, 0) is 0 Å².